The normalized spacial score (nSPS) is 16.1. The quantitative estimate of drug-likeness (QED) is 0.526. The first-order chi connectivity index (χ1) is 14.9. The molecule has 4 rings (SSSR count). The molecule has 6 nitrogen and oxygen atoms in total. The van der Waals surface area contributed by atoms with Crippen molar-refractivity contribution in [2.75, 3.05) is 0 Å². The van der Waals surface area contributed by atoms with Gasteiger partial charge in [0.15, 0.2) is 5.17 Å². The Balaban J connectivity index is 1.55. The molecule has 2 aromatic carbocycles. The summed E-state index contributed by atoms with van der Waals surface area (Å²) in [6, 6.07) is 16.3. The van der Waals surface area contributed by atoms with E-state index in [9.17, 15) is 14.7 Å². The van der Waals surface area contributed by atoms with Gasteiger partial charge >= 0.3 is 5.97 Å². The summed E-state index contributed by atoms with van der Waals surface area (Å²) in [4.78, 5) is 28.6. The van der Waals surface area contributed by atoms with Crippen molar-refractivity contribution in [3.05, 3.63) is 82.0 Å². The number of hydrogen-bond acceptors (Lipinski definition) is 5. The van der Waals surface area contributed by atoms with Gasteiger partial charge in [0.2, 0.25) is 0 Å². The van der Waals surface area contributed by atoms with Crippen LogP contribution in [0.4, 0.5) is 5.69 Å². The van der Waals surface area contributed by atoms with Gasteiger partial charge in [-0.15, -0.1) is 0 Å². The SMILES string of the molecule is CCc1ccc(N=C2NC(=O)/C(=C/c3ccc(-c4cc(C(=O)O)ccc4C)o3)S2)cc1. The van der Waals surface area contributed by atoms with Crippen LogP contribution in [0, 0.1) is 6.92 Å². The lowest BCUT2D eigenvalue weighted by molar-refractivity contribution is -0.115. The zero-order chi connectivity index (χ0) is 22.0. The van der Waals surface area contributed by atoms with E-state index in [1.54, 1.807) is 36.4 Å². The number of carboxylic acid groups (broad SMARTS) is 1. The molecule has 0 radical (unpaired) electrons. The van der Waals surface area contributed by atoms with Gasteiger partial charge in [-0.2, -0.15) is 0 Å². The summed E-state index contributed by atoms with van der Waals surface area (Å²) < 4.78 is 5.87. The molecule has 0 atom stereocenters. The van der Waals surface area contributed by atoms with Crippen LogP contribution in [0.2, 0.25) is 0 Å². The number of aryl methyl sites for hydroxylation is 2. The lowest BCUT2D eigenvalue weighted by Gasteiger charge is -2.04. The number of carbonyl (C=O) groups excluding carboxylic acids is 1. The van der Waals surface area contributed by atoms with Gasteiger partial charge in [-0.05, 0) is 72.6 Å². The number of aliphatic imine (C=N–C) groups is 1. The zero-order valence-corrected chi connectivity index (χ0v) is 17.8. The minimum Gasteiger partial charge on any atom is -0.478 e. The second-order valence-corrected chi connectivity index (χ2v) is 8.07. The monoisotopic (exact) mass is 432 g/mol. The molecule has 0 aliphatic carbocycles. The van der Waals surface area contributed by atoms with Gasteiger partial charge in [0.05, 0.1) is 16.2 Å². The number of carboxylic acids is 1. The smallest absolute Gasteiger partial charge is 0.335 e. The van der Waals surface area contributed by atoms with Crippen molar-refractivity contribution in [3.8, 4) is 11.3 Å². The second-order valence-electron chi connectivity index (χ2n) is 7.04. The van der Waals surface area contributed by atoms with E-state index in [-0.39, 0.29) is 11.5 Å². The summed E-state index contributed by atoms with van der Waals surface area (Å²) in [5.41, 5.74) is 3.79. The Morgan fingerprint density at radius 2 is 1.94 bits per heavy atom. The summed E-state index contributed by atoms with van der Waals surface area (Å²) >= 11 is 1.25. The molecular weight excluding hydrogens is 412 g/mol. The van der Waals surface area contributed by atoms with E-state index in [1.165, 1.54) is 17.3 Å². The maximum Gasteiger partial charge on any atom is 0.335 e. The Labute approximate surface area is 183 Å². The van der Waals surface area contributed by atoms with Crippen LogP contribution >= 0.6 is 11.8 Å². The number of rotatable bonds is 5. The van der Waals surface area contributed by atoms with E-state index in [2.05, 4.69) is 17.2 Å². The first-order valence-corrected chi connectivity index (χ1v) is 10.6. The number of hydrogen-bond donors (Lipinski definition) is 2. The van der Waals surface area contributed by atoms with Crippen LogP contribution in [-0.4, -0.2) is 22.2 Å². The fourth-order valence-electron chi connectivity index (χ4n) is 3.13. The molecule has 156 valence electrons. The van der Waals surface area contributed by atoms with Crippen LogP contribution < -0.4 is 5.32 Å². The van der Waals surface area contributed by atoms with Crippen molar-refractivity contribution in [1.82, 2.24) is 5.32 Å². The molecule has 7 heteroatoms. The molecule has 0 saturated carbocycles. The third-order valence-corrected chi connectivity index (χ3v) is 5.79. The summed E-state index contributed by atoms with van der Waals surface area (Å²) in [7, 11) is 0. The minimum absolute atomic E-state index is 0.190. The van der Waals surface area contributed by atoms with Crippen molar-refractivity contribution in [2.45, 2.75) is 20.3 Å². The first-order valence-electron chi connectivity index (χ1n) is 9.75. The number of nitrogens with one attached hydrogen (secondary N) is 1. The van der Waals surface area contributed by atoms with Gasteiger partial charge in [0.1, 0.15) is 11.5 Å². The average Bonchev–Trinajstić information content (AvgIpc) is 3.35. The molecule has 1 aliphatic heterocycles. The molecule has 0 spiro atoms. The van der Waals surface area contributed by atoms with E-state index in [0.717, 1.165) is 17.7 Å². The van der Waals surface area contributed by atoms with Crippen molar-refractivity contribution in [3.63, 3.8) is 0 Å². The van der Waals surface area contributed by atoms with Crippen molar-refractivity contribution in [2.24, 2.45) is 4.99 Å². The Kier molecular flexibility index (Phi) is 5.77. The predicted octanol–water partition coefficient (Wildman–Crippen LogP) is 5.41. The lowest BCUT2D eigenvalue weighted by atomic mass is 10.0. The fourth-order valence-corrected chi connectivity index (χ4v) is 3.95. The number of benzene rings is 2. The van der Waals surface area contributed by atoms with E-state index >= 15 is 0 Å². The molecule has 1 fully saturated rings. The topological polar surface area (TPSA) is 91.9 Å². The highest BCUT2D eigenvalue weighted by molar-refractivity contribution is 8.18. The molecule has 31 heavy (non-hydrogen) atoms. The number of furan rings is 1. The number of aromatic carboxylic acids is 1. The van der Waals surface area contributed by atoms with Crippen LogP contribution in [0.1, 0.15) is 34.2 Å². The Hall–Kier alpha value is -3.58. The second kappa shape index (κ2) is 8.65. The zero-order valence-electron chi connectivity index (χ0n) is 17.0. The largest absolute Gasteiger partial charge is 0.478 e. The maximum absolute atomic E-state index is 12.3. The third-order valence-electron chi connectivity index (χ3n) is 4.88. The number of amides is 1. The van der Waals surface area contributed by atoms with Crippen LogP contribution in [0.5, 0.6) is 0 Å². The molecule has 0 unspecified atom stereocenters. The molecule has 1 saturated heterocycles. The average molecular weight is 433 g/mol. The molecule has 3 aromatic rings. The van der Waals surface area contributed by atoms with E-state index < -0.39 is 5.97 Å². The van der Waals surface area contributed by atoms with Crippen molar-refractivity contribution in [1.29, 1.82) is 0 Å². The number of thioether (sulfide) groups is 1. The maximum atomic E-state index is 12.3. The van der Waals surface area contributed by atoms with Gasteiger partial charge in [-0.1, -0.05) is 25.1 Å². The molecule has 2 N–H and O–H groups in total. The molecular formula is C24H20N2O4S. The van der Waals surface area contributed by atoms with Gasteiger partial charge < -0.3 is 14.8 Å². The number of nitrogens with zero attached hydrogens (tertiary/aromatic N) is 1. The number of carbonyl (C=O) groups is 2. The van der Waals surface area contributed by atoms with Gasteiger partial charge in [-0.25, -0.2) is 9.79 Å². The van der Waals surface area contributed by atoms with Crippen LogP contribution in [-0.2, 0) is 11.2 Å². The molecule has 1 aliphatic rings. The van der Waals surface area contributed by atoms with Gasteiger partial charge in [0, 0.05) is 11.6 Å². The summed E-state index contributed by atoms with van der Waals surface area (Å²) in [6.45, 7) is 3.98. The first kappa shape index (κ1) is 20.7. The highest BCUT2D eigenvalue weighted by Gasteiger charge is 2.24. The van der Waals surface area contributed by atoms with Crippen molar-refractivity contribution >= 4 is 40.6 Å². The molecule has 1 aromatic heterocycles. The van der Waals surface area contributed by atoms with Gasteiger partial charge in [-0.3, -0.25) is 4.79 Å². The molecule has 1 amide bonds. The van der Waals surface area contributed by atoms with E-state index in [4.69, 9.17) is 4.42 Å². The van der Waals surface area contributed by atoms with E-state index in [1.807, 2.05) is 31.2 Å². The lowest BCUT2D eigenvalue weighted by Crippen LogP contribution is -2.19. The van der Waals surface area contributed by atoms with Crippen molar-refractivity contribution < 1.29 is 19.1 Å². The van der Waals surface area contributed by atoms with Crippen LogP contribution in [0.3, 0.4) is 0 Å². The number of amidine groups is 1. The highest BCUT2D eigenvalue weighted by Crippen LogP contribution is 2.31. The van der Waals surface area contributed by atoms with E-state index in [0.29, 0.717) is 27.2 Å². The minimum atomic E-state index is -0.995. The molecule has 0 bridgehead atoms. The summed E-state index contributed by atoms with van der Waals surface area (Å²) in [5, 5.41) is 12.5. The van der Waals surface area contributed by atoms with Crippen LogP contribution in [0.25, 0.3) is 17.4 Å². The van der Waals surface area contributed by atoms with Crippen LogP contribution in [0.15, 0.2) is 68.9 Å². The highest BCUT2D eigenvalue weighted by atomic mass is 32.2. The Morgan fingerprint density at radius 3 is 2.65 bits per heavy atom. The summed E-state index contributed by atoms with van der Waals surface area (Å²) in [5.74, 6) is -0.191. The van der Waals surface area contributed by atoms with Gasteiger partial charge in [0.25, 0.3) is 5.91 Å². The standard InChI is InChI=1S/C24H20N2O4S/c1-3-15-5-8-17(9-6-15)25-24-26-22(27)21(31-24)13-18-10-11-20(30-18)19-12-16(23(28)29)7-4-14(19)2/h4-13H,3H2,1-2H3,(H,28,29)(H,25,26,27)/b21-13-. The Bertz CT molecular complexity index is 1220. The predicted molar refractivity (Wildman–Crippen MR) is 122 cm³/mol. The fraction of sp³-hybridized carbons (Fsp3) is 0.125. The Morgan fingerprint density at radius 1 is 1.16 bits per heavy atom. The summed E-state index contributed by atoms with van der Waals surface area (Å²) in [6.07, 6.45) is 2.61. The molecule has 2 heterocycles. The third kappa shape index (κ3) is 4.62.